The molecule has 4 aliphatic heterocycles. The SMILES string of the molecule is CC[C@H]1/C2=C/c3[n-]c4c(c3C)C(=O)[C@H](C(=O)OC)/C4=C3/[N-]/C(=C\c4[n-]c(c(C(C)=O)c4C)/C=C(\[N-]2)[C@@H]1C)[C@@H](C)[C@@H]3CCC1O[O+]1C/C=C(\C)CCC[C@H](C)CCC[C@H](C)CCCC(C)C.[Mg+2]. The van der Waals surface area contributed by atoms with E-state index in [1.807, 2.05) is 32.1 Å². The summed E-state index contributed by atoms with van der Waals surface area (Å²) in [5, 5.41) is 10.4. The van der Waals surface area contributed by atoms with Crippen LogP contribution in [0.15, 0.2) is 34.4 Å². The Labute approximate surface area is 411 Å². The molecule has 5 aliphatic rings. The van der Waals surface area contributed by atoms with Crippen LogP contribution in [0.2, 0.25) is 0 Å². The van der Waals surface area contributed by atoms with E-state index in [-0.39, 0.29) is 64.6 Å². The molecule has 0 N–H and O–H groups in total. The largest absolute Gasteiger partial charge is 2.00 e. The molecule has 1 unspecified atom stereocenters. The molecule has 0 amide bonds. The first kappa shape index (κ1) is 51.7. The monoisotopic (exact) mass is 912 g/mol. The molecule has 0 aromatic carbocycles. The van der Waals surface area contributed by atoms with Crippen molar-refractivity contribution in [3.8, 4) is 0 Å². The van der Waals surface area contributed by atoms with Gasteiger partial charge in [-0.15, -0.1) is 22.8 Å². The molecule has 10 nitrogen and oxygen atoms in total. The van der Waals surface area contributed by atoms with E-state index in [1.165, 1.54) is 64.0 Å². The van der Waals surface area contributed by atoms with Gasteiger partial charge in [-0.05, 0) is 99.3 Å². The topological polar surface area (TPSA) is 132 Å². The van der Waals surface area contributed by atoms with Crippen molar-refractivity contribution in [2.45, 2.75) is 160 Å². The molecule has 8 bridgehead atoms. The van der Waals surface area contributed by atoms with Crippen LogP contribution in [0.5, 0.6) is 0 Å². The zero-order valence-corrected chi connectivity index (χ0v) is 43.6. The minimum Gasteiger partial charge on any atom is -0.664 e. The Kier molecular flexibility index (Phi) is 17.4. The van der Waals surface area contributed by atoms with Gasteiger partial charge in [-0.3, -0.25) is 14.4 Å². The number of ether oxygens (including phenoxy) is 1. The van der Waals surface area contributed by atoms with Crippen LogP contribution in [0.1, 0.15) is 194 Å². The summed E-state index contributed by atoms with van der Waals surface area (Å²) in [6, 6.07) is 0. The first-order valence-electron chi connectivity index (χ1n) is 24.8. The predicted molar refractivity (Wildman–Crippen MR) is 266 cm³/mol. The van der Waals surface area contributed by atoms with Crippen LogP contribution >= 0.6 is 0 Å². The third-order valence-corrected chi connectivity index (χ3v) is 15.2. The molecule has 8 atom stereocenters. The van der Waals surface area contributed by atoms with Crippen molar-refractivity contribution in [3.63, 3.8) is 0 Å². The smallest absolute Gasteiger partial charge is 0.664 e. The van der Waals surface area contributed by atoms with Crippen molar-refractivity contribution in [3.05, 3.63) is 90.1 Å². The summed E-state index contributed by atoms with van der Waals surface area (Å²) < 4.78 is 8.29. The van der Waals surface area contributed by atoms with Gasteiger partial charge in [0.1, 0.15) is 5.92 Å². The van der Waals surface area contributed by atoms with Gasteiger partial charge in [-0.25, -0.2) is 0 Å². The molecule has 354 valence electrons. The molecular weight excluding hydrogens is 837 g/mol. The number of methoxy groups -OCH3 is 1. The van der Waals surface area contributed by atoms with Crippen molar-refractivity contribution in [2.24, 2.45) is 47.3 Å². The quantitative estimate of drug-likeness (QED) is 0.0189. The van der Waals surface area contributed by atoms with Gasteiger partial charge in [0.15, 0.2) is 11.6 Å². The number of ketones is 2. The molecule has 0 radical (unpaired) electrons. The summed E-state index contributed by atoms with van der Waals surface area (Å²) in [5.74, 6) is 0.198. The Morgan fingerprint density at radius 3 is 2.06 bits per heavy atom. The second-order valence-corrected chi connectivity index (χ2v) is 20.6. The number of rotatable bonds is 20. The number of aromatic nitrogens is 2. The molecule has 0 saturated carbocycles. The van der Waals surface area contributed by atoms with E-state index in [0.29, 0.717) is 64.6 Å². The number of Topliss-reactive ketones (excluding diaryl/α,β-unsaturated/α-hetero) is 2. The first-order valence-corrected chi connectivity index (χ1v) is 24.8. The Hall–Kier alpha value is -3.64. The molecule has 1 aliphatic carbocycles. The average Bonchev–Trinajstić information content (AvgIpc) is 3.39. The van der Waals surface area contributed by atoms with E-state index in [0.717, 1.165) is 58.8 Å². The van der Waals surface area contributed by atoms with Crippen molar-refractivity contribution in [2.75, 3.05) is 13.7 Å². The summed E-state index contributed by atoms with van der Waals surface area (Å²) in [6.45, 7) is 24.2. The average molecular weight is 913 g/mol. The standard InChI is InChI=1S/C55H77N4O6.Mg/c1-13-39-34(7)41-29-46-48(38(11)60)36(9)43(57-46)27-42-35(8)40(52(58-42)50-51(55(62)63-12)54(61)49-37(10)44(59-53(49)50)28-45(39)56-41)23-24-47-64-65(47)26-25-33(6)22-16-21-32(5)20-15-19-31(4)18-14-17-30(2)3;/h25,27-32,34-35,39-40,47,51H,13-24,26H2,1-12H3,(H2-2,56,57,58,59,60,61);/q-1;+2/p-2/b33-25+,42-27-,45-28-;/t31-,32-,34-,35+,39-,40+,47?,51-;/m1./s1. The maximum absolute atomic E-state index is 14.4. The van der Waals surface area contributed by atoms with Crippen LogP contribution in [0.25, 0.3) is 34.4 Å². The molecule has 0 spiro atoms. The summed E-state index contributed by atoms with van der Waals surface area (Å²) in [4.78, 5) is 57.6. The molecule has 2 aromatic rings. The summed E-state index contributed by atoms with van der Waals surface area (Å²) >= 11 is 0. The van der Waals surface area contributed by atoms with E-state index in [2.05, 4.69) is 66.0 Å². The van der Waals surface area contributed by atoms with Crippen LogP contribution in [0.4, 0.5) is 0 Å². The molecule has 7 rings (SSSR count). The zero-order valence-electron chi connectivity index (χ0n) is 42.1. The van der Waals surface area contributed by atoms with Gasteiger partial charge < -0.3 is 25.3 Å². The van der Waals surface area contributed by atoms with Crippen LogP contribution < -0.4 is 9.97 Å². The first-order chi connectivity index (χ1) is 31.0. The fourth-order valence-corrected chi connectivity index (χ4v) is 11.0. The van der Waals surface area contributed by atoms with Gasteiger partial charge in [0.05, 0.1) is 13.5 Å². The molecule has 3 saturated heterocycles. The van der Waals surface area contributed by atoms with E-state index in [1.54, 1.807) is 6.92 Å². The second-order valence-electron chi connectivity index (χ2n) is 20.6. The van der Waals surface area contributed by atoms with Crippen LogP contribution in [-0.2, 0) is 18.9 Å². The van der Waals surface area contributed by atoms with Crippen molar-refractivity contribution in [1.82, 2.24) is 9.97 Å². The number of carbonyl (C=O) groups is 3. The van der Waals surface area contributed by atoms with Crippen LogP contribution in [0, 0.1) is 61.2 Å². The Bertz CT molecular complexity index is 2290. The number of nitrogens with zero attached hydrogens (tertiary/aromatic N) is 4. The molecule has 6 heterocycles. The molecule has 2 aromatic heterocycles. The van der Waals surface area contributed by atoms with Crippen LogP contribution in [-0.4, -0.2) is 60.6 Å². The third kappa shape index (κ3) is 11.1. The van der Waals surface area contributed by atoms with Gasteiger partial charge in [-0.1, -0.05) is 140 Å². The van der Waals surface area contributed by atoms with Crippen LogP contribution in [0.3, 0.4) is 0 Å². The third-order valence-electron chi connectivity index (χ3n) is 15.2. The van der Waals surface area contributed by atoms with Gasteiger partial charge in [0.2, 0.25) is 6.61 Å². The molecule has 3 fully saturated rings. The Balaban J connectivity index is 0.00000720. The normalized spacial score (nSPS) is 27.9. The van der Waals surface area contributed by atoms with Gasteiger partial charge in [0, 0.05) is 11.1 Å². The maximum atomic E-state index is 14.4. The summed E-state index contributed by atoms with van der Waals surface area (Å²) in [7, 11) is 1.32. The predicted octanol–water partition coefficient (Wildman–Crippen LogP) is 13.2. The number of carbonyl (C=O) groups excluding carboxylic acids is 3. The number of allylic oxidation sites excluding steroid dienone is 5. The van der Waals surface area contributed by atoms with Crippen molar-refractivity contribution < 1.29 is 28.5 Å². The van der Waals surface area contributed by atoms with E-state index < -0.39 is 11.9 Å². The molecule has 11 heteroatoms. The number of hydrogen-bond acceptors (Lipinski definition) is 5. The summed E-state index contributed by atoms with van der Waals surface area (Å²) in [5.41, 5.74) is 10.1. The van der Waals surface area contributed by atoms with Gasteiger partial charge in [-0.2, -0.15) is 27.3 Å². The minimum atomic E-state index is -1.17. The van der Waals surface area contributed by atoms with Crippen molar-refractivity contribution in [1.29, 1.82) is 0 Å². The summed E-state index contributed by atoms with van der Waals surface area (Å²) in [6.07, 6.45) is 22.0. The Morgan fingerprint density at radius 1 is 0.803 bits per heavy atom. The van der Waals surface area contributed by atoms with E-state index >= 15 is 0 Å². The van der Waals surface area contributed by atoms with E-state index in [9.17, 15) is 14.4 Å². The second kappa shape index (κ2) is 22.2. The fourth-order valence-electron chi connectivity index (χ4n) is 11.0. The molecular formula is C55H75MgN4O6-. The minimum absolute atomic E-state index is 0. The number of esters is 1. The van der Waals surface area contributed by atoms with Crippen molar-refractivity contribution >= 4 is 64.4 Å². The Morgan fingerprint density at radius 2 is 1.41 bits per heavy atom. The van der Waals surface area contributed by atoms with E-state index in [4.69, 9.17) is 30.2 Å². The number of fused-ring (bicyclic) bond motifs is 7. The van der Waals surface area contributed by atoms with Gasteiger partial charge >= 0.3 is 35.3 Å². The number of hydrogen-bond donors (Lipinski definition) is 0. The van der Waals surface area contributed by atoms with Gasteiger partial charge in [0.25, 0.3) is 0 Å². The maximum Gasteiger partial charge on any atom is 2.00 e. The molecule has 66 heavy (non-hydrogen) atoms. The zero-order chi connectivity index (χ0) is 46.9. The fraction of sp³-hybridized carbons (Fsp3) is 0.618.